The molecule has 0 spiro atoms. The van der Waals surface area contributed by atoms with Gasteiger partial charge in [0, 0.05) is 0 Å². The molecular weight excluding hydrogens is 340 g/mol. The zero-order valence-electron chi connectivity index (χ0n) is 13.0. The first-order valence-electron chi connectivity index (χ1n) is 7.00. The predicted molar refractivity (Wildman–Crippen MR) is 84.3 cm³/mol. The molecule has 0 atom stereocenters. The van der Waals surface area contributed by atoms with Gasteiger partial charge in [0.25, 0.3) is 10.0 Å². The van der Waals surface area contributed by atoms with Crippen molar-refractivity contribution < 1.29 is 26.7 Å². The number of anilines is 1. The van der Waals surface area contributed by atoms with Gasteiger partial charge in [0.2, 0.25) is 0 Å². The third-order valence-corrected chi connectivity index (χ3v) is 4.50. The molecule has 0 saturated carbocycles. The number of rotatable bonds is 5. The summed E-state index contributed by atoms with van der Waals surface area (Å²) in [6.45, 7) is 3.25. The first kappa shape index (κ1) is 17.9. The van der Waals surface area contributed by atoms with E-state index in [4.69, 9.17) is 0 Å². The molecule has 0 amide bonds. The molecule has 0 aliphatic heterocycles. The lowest BCUT2D eigenvalue weighted by atomic mass is 10.2. The first-order chi connectivity index (χ1) is 11.2. The lowest BCUT2D eigenvalue weighted by molar-refractivity contribution is 0.0515. The molecule has 5 nitrogen and oxygen atoms in total. The topological polar surface area (TPSA) is 72.5 Å². The molecule has 0 fully saturated rings. The van der Waals surface area contributed by atoms with Crippen molar-refractivity contribution in [1.29, 1.82) is 0 Å². The van der Waals surface area contributed by atoms with Crippen LogP contribution in [0.5, 0.6) is 0 Å². The zero-order chi connectivity index (χ0) is 17.9. The van der Waals surface area contributed by atoms with E-state index in [0.29, 0.717) is 0 Å². The Kier molecular flexibility index (Phi) is 5.18. The molecule has 0 aliphatic rings. The van der Waals surface area contributed by atoms with Crippen LogP contribution in [0.2, 0.25) is 0 Å². The molecule has 2 rings (SSSR count). The minimum Gasteiger partial charge on any atom is -0.462 e. The summed E-state index contributed by atoms with van der Waals surface area (Å²) in [5.41, 5.74) is -0.335. The highest BCUT2D eigenvalue weighted by atomic mass is 32.2. The molecule has 2 aromatic carbocycles. The summed E-state index contributed by atoms with van der Waals surface area (Å²) < 4.78 is 58.9. The van der Waals surface area contributed by atoms with Crippen LogP contribution in [0.1, 0.15) is 22.8 Å². The lowest BCUT2D eigenvalue weighted by Gasteiger charge is -2.11. The van der Waals surface area contributed by atoms with Crippen molar-refractivity contribution in [3.8, 4) is 0 Å². The Hall–Kier alpha value is -2.48. The van der Waals surface area contributed by atoms with Gasteiger partial charge in [-0.2, -0.15) is 0 Å². The monoisotopic (exact) mass is 355 g/mol. The van der Waals surface area contributed by atoms with Gasteiger partial charge in [0.1, 0.15) is 17.2 Å². The quantitative estimate of drug-likeness (QED) is 0.836. The lowest BCUT2D eigenvalue weighted by Crippen LogP contribution is -2.15. The SMILES string of the molecule is CCOC(=O)c1c(F)cc(NS(=O)(=O)c2ccc(C)cc2)cc1F. The molecule has 0 unspecified atom stereocenters. The van der Waals surface area contributed by atoms with Gasteiger partial charge in [-0.3, -0.25) is 4.72 Å². The van der Waals surface area contributed by atoms with E-state index in [-0.39, 0.29) is 17.2 Å². The van der Waals surface area contributed by atoms with Crippen molar-refractivity contribution >= 4 is 21.7 Å². The van der Waals surface area contributed by atoms with Crippen molar-refractivity contribution in [3.63, 3.8) is 0 Å². The summed E-state index contributed by atoms with van der Waals surface area (Å²) in [6, 6.07) is 7.38. The Labute approximate surface area is 138 Å². The number of benzene rings is 2. The maximum Gasteiger partial charge on any atom is 0.344 e. The molecule has 0 radical (unpaired) electrons. The molecule has 0 bridgehead atoms. The van der Waals surface area contributed by atoms with Crippen LogP contribution in [-0.4, -0.2) is 21.0 Å². The summed E-state index contributed by atoms with van der Waals surface area (Å²) in [5.74, 6) is -3.58. The number of carbonyl (C=O) groups is 1. The Morgan fingerprint density at radius 1 is 1.12 bits per heavy atom. The minimum atomic E-state index is -4.01. The van der Waals surface area contributed by atoms with E-state index in [9.17, 15) is 22.0 Å². The van der Waals surface area contributed by atoms with E-state index >= 15 is 0 Å². The number of aryl methyl sites for hydroxylation is 1. The van der Waals surface area contributed by atoms with Crippen LogP contribution in [-0.2, 0) is 14.8 Å². The summed E-state index contributed by atoms with van der Waals surface area (Å²) in [7, 11) is -4.01. The van der Waals surface area contributed by atoms with Crippen molar-refractivity contribution in [1.82, 2.24) is 0 Å². The van der Waals surface area contributed by atoms with Gasteiger partial charge in [-0.15, -0.1) is 0 Å². The Morgan fingerprint density at radius 2 is 1.67 bits per heavy atom. The highest BCUT2D eigenvalue weighted by Gasteiger charge is 2.22. The van der Waals surface area contributed by atoms with Gasteiger partial charge < -0.3 is 4.74 Å². The molecule has 24 heavy (non-hydrogen) atoms. The Bertz CT molecular complexity index is 841. The van der Waals surface area contributed by atoms with Crippen molar-refractivity contribution in [2.75, 3.05) is 11.3 Å². The van der Waals surface area contributed by atoms with Crippen LogP contribution in [0.3, 0.4) is 0 Å². The molecule has 128 valence electrons. The Balaban J connectivity index is 2.34. The summed E-state index contributed by atoms with van der Waals surface area (Å²) in [4.78, 5) is 11.4. The second-order valence-electron chi connectivity index (χ2n) is 4.95. The number of carbonyl (C=O) groups excluding carboxylic acids is 1. The number of sulfonamides is 1. The van der Waals surface area contributed by atoms with E-state index in [1.165, 1.54) is 19.1 Å². The third-order valence-electron chi connectivity index (χ3n) is 3.11. The fraction of sp³-hybridized carbons (Fsp3) is 0.188. The maximum absolute atomic E-state index is 13.9. The first-order valence-corrected chi connectivity index (χ1v) is 8.48. The van der Waals surface area contributed by atoms with Gasteiger partial charge in [-0.05, 0) is 38.1 Å². The molecule has 0 heterocycles. The van der Waals surface area contributed by atoms with E-state index in [1.807, 2.05) is 0 Å². The minimum absolute atomic E-state index is 0.0421. The third kappa shape index (κ3) is 3.88. The number of halogens is 2. The molecule has 0 saturated heterocycles. The van der Waals surface area contributed by atoms with E-state index in [1.54, 1.807) is 19.1 Å². The fourth-order valence-electron chi connectivity index (χ4n) is 1.96. The molecular formula is C16H15F2NO4S. The Morgan fingerprint density at radius 3 is 2.17 bits per heavy atom. The standard InChI is InChI=1S/C16H15F2NO4S/c1-3-23-16(20)15-13(17)8-11(9-14(15)18)19-24(21,22)12-6-4-10(2)5-7-12/h4-9,19H,3H2,1-2H3. The van der Waals surface area contributed by atoms with Crippen LogP contribution in [0.25, 0.3) is 0 Å². The molecule has 0 aliphatic carbocycles. The van der Waals surface area contributed by atoms with Crippen molar-refractivity contribution in [3.05, 3.63) is 59.2 Å². The number of esters is 1. The average molecular weight is 355 g/mol. The predicted octanol–water partition coefficient (Wildman–Crippen LogP) is 3.25. The molecule has 8 heteroatoms. The maximum atomic E-state index is 13.9. The van der Waals surface area contributed by atoms with Crippen LogP contribution >= 0.6 is 0 Å². The summed E-state index contributed by atoms with van der Waals surface area (Å²) in [5, 5.41) is 0. The van der Waals surface area contributed by atoms with E-state index in [0.717, 1.165) is 17.7 Å². The highest BCUT2D eigenvalue weighted by Crippen LogP contribution is 2.22. The van der Waals surface area contributed by atoms with Crippen LogP contribution < -0.4 is 4.72 Å². The smallest absolute Gasteiger partial charge is 0.344 e. The summed E-state index contributed by atoms with van der Waals surface area (Å²) in [6.07, 6.45) is 0. The average Bonchev–Trinajstić information content (AvgIpc) is 2.46. The van der Waals surface area contributed by atoms with Gasteiger partial charge in [-0.25, -0.2) is 22.0 Å². The van der Waals surface area contributed by atoms with Crippen LogP contribution in [0.15, 0.2) is 41.3 Å². The van der Waals surface area contributed by atoms with E-state index in [2.05, 4.69) is 9.46 Å². The van der Waals surface area contributed by atoms with Gasteiger partial charge >= 0.3 is 5.97 Å². The van der Waals surface area contributed by atoms with Gasteiger partial charge in [-0.1, -0.05) is 17.7 Å². The van der Waals surface area contributed by atoms with Gasteiger partial charge in [0.15, 0.2) is 0 Å². The fourth-order valence-corrected chi connectivity index (χ4v) is 3.00. The van der Waals surface area contributed by atoms with Crippen LogP contribution in [0.4, 0.5) is 14.5 Å². The molecule has 1 N–H and O–H groups in total. The molecule has 0 aromatic heterocycles. The largest absolute Gasteiger partial charge is 0.462 e. The summed E-state index contributed by atoms with van der Waals surface area (Å²) >= 11 is 0. The van der Waals surface area contributed by atoms with E-state index < -0.39 is 33.2 Å². The second-order valence-corrected chi connectivity index (χ2v) is 6.64. The van der Waals surface area contributed by atoms with Crippen LogP contribution in [0, 0.1) is 18.6 Å². The molecule has 2 aromatic rings. The van der Waals surface area contributed by atoms with Gasteiger partial charge in [0.05, 0.1) is 17.2 Å². The van der Waals surface area contributed by atoms with Crippen molar-refractivity contribution in [2.24, 2.45) is 0 Å². The normalized spacial score (nSPS) is 11.2. The number of hydrogen-bond acceptors (Lipinski definition) is 4. The second kappa shape index (κ2) is 6.96. The number of ether oxygens (including phenoxy) is 1. The zero-order valence-corrected chi connectivity index (χ0v) is 13.8. The van der Waals surface area contributed by atoms with Crippen molar-refractivity contribution in [2.45, 2.75) is 18.7 Å². The number of hydrogen-bond donors (Lipinski definition) is 1. The number of nitrogens with one attached hydrogen (secondary N) is 1. The highest BCUT2D eigenvalue weighted by molar-refractivity contribution is 7.92.